The molecule has 0 bridgehead atoms. The predicted octanol–water partition coefficient (Wildman–Crippen LogP) is 3.61. The second kappa shape index (κ2) is 11.6. The van der Waals surface area contributed by atoms with Gasteiger partial charge in [-0.1, -0.05) is 24.3 Å². The minimum atomic E-state index is -1.01. The molecule has 11 heteroatoms. The summed E-state index contributed by atoms with van der Waals surface area (Å²) in [6, 6.07) is 13.9. The highest BCUT2D eigenvalue weighted by Gasteiger charge is 2.45. The van der Waals surface area contributed by atoms with E-state index in [9.17, 15) is 28.0 Å². The Morgan fingerprint density at radius 2 is 1.72 bits per heavy atom. The topological polar surface area (TPSA) is 102 Å². The molecule has 3 aromatic rings. The molecule has 0 saturated carbocycles. The lowest BCUT2D eigenvalue weighted by atomic mass is 10.0. The summed E-state index contributed by atoms with van der Waals surface area (Å²) < 4.78 is 27.5. The number of rotatable bonds is 7. The lowest BCUT2D eigenvalue weighted by Crippen LogP contribution is -2.54. The van der Waals surface area contributed by atoms with Crippen LogP contribution >= 0.6 is 0 Å². The maximum absolute atomic E-state index is 14.2. The molecule has 0 spiro atoms. The Balaban J connectivity index is 1.08. The van der Waals surface area contributed by atoms with Crippen molar-refractivity contribution in [2.45, 2.75) is 38.9 Å². The summed E-state index contributed by atoms with van der Waals surface area (Å²) >= 11 is 0. The minimum Gasteiger partial charge on any atom is -0.380 e. The van der Waals surface area contributed by atoms with Crippen molar-refractivity contribution in [3.63, 3.8) is 0 Å². The van der Waals surface area contributed by atoms with Gasteiger partial charge in [0.25, 0.3) is 11.8 Å². The molecule has 2 saturated heterocycles. The largest absolute Gasteiger partial charge is 0.380 e. The van der Waals surface area contributed by atoms with Crippen molar-refractivity contribution in [2.24, 2.45) is 0 Å². The average Bonchev–Trinajstić information content (AvgIpc) is 3.23. The quantitative estimate of drug-likeness (QED) is 0.408. The summed E-state index contributed by atoms with van der Waals surface area (Å²) in [5, 5.41) is 5.51. The molecular weight excluding hydrogens is 556 g/mol. The van der Waals surface area contributed by atoms with Crippen LogP contribution in [0.15, 0.2) is 54.6 Å². The molecular formula is C32H31F2N5O4. The molecule has 0 aromatic heterocycles. The number of piperazine rings is 1. The first-order valence-corrected chi connectivity index (χ1v) is 14.3. The number of carbonyl (C=O) groups is 4. The summed E-state index contributed by atoms with van der Waals surface area (Å²) in [6.07, 6.45) is 0.170. The average molecular weight is 588 g/mol. The van der Waals surface area contributed by atoms with Crippen molar-refractivity contribution < 1.29 is 28.0 Å². The highest BCUT2D eigenvalue weighted by atomic mass is 19.1. The molecule has 0 radical (unpaired) electrons. The first kappa shape index (κ1) is 28.5. The van der Waals surface area contributed by atoms with Crippen molar-refractivity contribution in [1.82, 2.24) is 15.1 Å². The van der Waals surface area contributed by atoms with Gasteiger partial charge in [0.05, 0.1) is 16.8 Å². The number of piperidine rings is 1. The Labute approximate surface area is 247 Å². The fourth-order valence-corrected chi connectivity index (χ4v) is 6.05. The normalized spacial score (nSPS) is 19.1. The molecule has 3 aliphatic heterocycles. The molecule has 0 aliphatic carbocycles. The van der Waals surface area contributed by atoms with Crippen molar-refractivity contribution in [3.8, 4) is 0 Å². The number of nitrogens with one attached hydrogen (secondary N) is 2. The second-order valence-corrected chi connectivity index (χ2v) is 11.1. The number of benzene rings is 3. The Morgan fingerprint density at radius 1 is 0.930 bits per heavy atom. The molecule has 9 nitrogen and oxygen atoms in total. The number of carbonyl (C=O) groups excluding carboxylic acids is 4. The van der Waals surface area contributed by atoms with E-state index < -0.39 is 41.3 Å². The number of hydrogen-bond acceptors (Lipinski definition) is 7. The maximum Gasteiger partial charge on any atom is 0.264 e. The highest BCUT2D eigenvalue weighted by Crippen LogP contribution is 2.33. The lowest BCUT2D eigenvalue weighted by Gasteiger charge is -2.36. The van der Waals surface area contributed by atoms with Crippen LogP contribution in [-0.2, 0) is 22.7 Å². The van der Waals surface area contributed by atoms with E-state index in [-0.39, 0.29) is 24.0 Å². The number of anilines is 2. The zero-order valence-corrected chi connectivity index (χ0v) is 23.7. The van der Waals surface area contributed by atoms with Crippen LogP contribution in [0.4, 0.5) is 20.2 Å². The van der Waals surface area contributed by atoms with E-state index in [1.54, 1.807) is 18.2 Å². The number of imide groups is 2. The summed E-state index contributed by atoms with van der Waals surface area (Å²) in [5.41, 5.74) is 4.62. The van der Waals surface area contributed by atoms with Gasteiger partial charge in [0, 0.05) is 57.4 Å². The summed E-state index contributed by atoms with van der Waals surface area (Å²) in [6.45, 7) is 5.98. The van der Waals surface area contributed by atoms with Crippen molar-refractivity contribution in [2.75, 3.05) is 36.4 Å². The molecule has 222 valence electrons. The number of nitrogens with zero attached hydrogens (tertiary/aromatic N) is 3. The van der Waals surface area contributed by atoms with Crippen LogP contribution in [0.25, 0.3) is 0 Å². The van der Waals surface area contributed by atoms with Gasteiger partial charge < -0.3 is 10.2 Å². The van der Waals surface area contributed by atoms with E-state index in [4.69, 9.17) is 0 Å². The van der Waals surface area contributed by atoms with E-state index in [0.717, 1.165) is 47.3 Å². The number of aryl methyl sites for hydroxylation is 1. The third kappa shape index (κ3) is 5.60. The zero-order chi connectivity index (χ0) is 30.2. The van der Waals surface area contributed by atoms with Gasteiger partial charge in [0.1, 0.15) is 17.7 Å². The first-order chi connectivity index (χ1) is 20.7. The SMILES string of the molecule is Cc1cc(CN2CCN(c3ccc(F)cc3F)CC2)ccc1CNc1cccc2c1C(=O)N(C1CCC(=O)NC1=O)C2=O. The molecule has 3 aliphatic rings. The van der Waals surface area contributed by atoms with Crippen LogP contribution in [0.1, 0.15) is 50.2 Å². The predicted molar refractivity (Wildman–Crippen MR) is 155 cm³/mol. The molecule has 1 atom stereocenters. The molecule has 3 heterocycles. The lowest BCUT2D eigenvalue weighted by molar-refractivity contribution is -0.136. The first-order valence-electron chi connectivity index (χ1n) is 14.3. The van der Waals surface area contributed by atoms with Gasteiger partial charge in [0.2, 0.25) is 11.8 Å². The minimum absolute atomic E-state index is 0.0658. The van der Waals surface area contributed by atoms with Crippen LogP contribution in [0.3, 0.4) is 0 Å². The fourth-order valence-electron chi connectivity index (χ4n) is 6.05. The van der Waals surface area contributed by atoms with E-state index in [1.165, 1.54) is 12.1 Å². The monoisotopic (exact) mass is 587 g/mol. The van der Waals surface area contributed by atoms with Crippen LogP contribution in [0, 0.1) is 18.6 Å². The molecule has 6 rings (SSSR count). The van der Waals surface area contributed by atoms with Gasteiger partial charge in [-0.15, -0.1) is 0 Å². The van der Waals surface area contributed by atoms with E-state index in [0.29, 0.717) is 31.0 Å². The molecule has 2 N–H and O–H groups in total. The summed E-state index contributed by atoms with van der Waals surface area (Å²) in [5.74, 6) is -3.27. The Bertz CT molecular complexity index is 1640. The Hall–Kier alpha value is -4.64. The van der Waals surface area contributed by atoms with Crippen molar-refractivity contribution in [1.29, 1.82) is 0 Å². The van der Waals surface area contributed by atoms with E-state index in [1.807, 2.05) is 17.9 Å². The van der Waals surface area contributed by atoms with Crippen LogP contribution in [0.2, 0.25) is 0 Å². The highest BCUT2D eigenvalue weighted by molar-refractivity contribution is 6.25. The Kier molecular flexibility index (Phi) is 7.66. The number of amides is 4. The molecule has 3 aromatic carbocycles. The van der Waals surface area contributed by atoms with Gasteiger partial charge in [-0.05, 0) is 54.3 Å². The van der Waals surface area contributed by atoms with Crippen molar-refractivity contribution in [3.05, 3.63) is 94.0 Å². The van der Waals surface area contributed by atoms with Crippen LogP contribution in [-0.4, -0.2) is 65.6 Å². The summed E-state index contributed by atoms with van der Waals surface area (Å²) in [4.78, 5) is 55.6. The molecule has 1 unspecified atom stereocenters. The smallest absolute Gasteiger partial charge is 0.264 e. The van der Waals surface area contributed by atoms with Crippen LogP contribution < -0.4 is 15.5 Å². The second-order valence-electron chi connectivity index (χ2n) is 11.1. The third-order valence-electron chi connectivity index (χ3n) is 8.37. The standard InChI is InChI=1S/C32H31F2N5O4/c1-19-15-20(18-37-11-13-38(14-12-37)26-8-7-22(33)16-24(26)34)5-6-21(19)17-35-25-4-2-3-23-29(25)32(43)39(31(23)42)27-9-10-28(40)36-30(27)41/h2-8,15-16,27,35H,9-14,17-18H2,1H3,(H,36,40,41). The van der Waals surface area contributed by atoms with Crippen molar-refractivity contribution >= 4 is 35.0 Å². The van der Waals surface area contributed by atoms with Gasteiger partial charge in [-0.2, -0.15) is 0 Å². The van der Waals surface area contributed by atoms with Gasteiger partial charge in [-0.25, -0.2) is 8.78 Å². The Morgan fingerprint density at radius 3 is 2.44 bits per heavy atom. The van der Waals surface area contributed by atoms with E-state index in [2.05, 4.69) is 27.7 Å². The number of halogens is 2. The fraction of sp³-hybridized carbons (Fsp3) is 0.312. The zero-order valence-electron chi connectivity index (χ0n) is 23.7. The van der Waals surface area contributed by atoms with E-state index >= 15 is 0 Å². The van der Waals surface area contributed by atoms with Gasteiger partial charge >= 0.3 is 0 Å². The molecule has 43 heavy (non-hydrogen) atoms. The van der Waals surface area contributed by atoms with Gasteiger partial charge in [0.15, 0.2) is 0 Å². The number of fused-ring (bicyclic) bond motifs is 1. The maximum atomic E-state index is 14.2. The number of hydrogen-bond donors (Lipinski definition) is 2. The van der Waals surface area contributed by atoms with Crippen LogP contribution in [0.5, 0.6) is 0 Å². The molecule has 4 amide bonds. The van der Waals surface area contributed by atoms with Gasteiger partial charge in [-0.3, -0.25) is 34.3 Å². The third-order valence-corrected chi connectivity index (χ3v) is 8.37. The summed E-state index contributed by atoms with van der Waals surface area (Å²) in [7, 11) is 0. The molecule has 2 fully saturated rings.